The fraction of sp³-hybridized carbons (Fsp3) is 0.818. The third-order valence-corrected chi connectivity index (χ3v) is 12.6. The Morgan fingerprint density at radius 1 is 0.532 bits per heavy atom. The molecule has 4 heterocycles. The van der Waals surface area contributed by atoms with Crippen molar-refractivity contribution in [3.63, 3.8) is 0 Å². The maximum atomic E-state index is 12.6. The molecule has 0 radical (unpaired) electrons. The summed E-state index contributed by atoms with van der Waals surface area (Å²) in [6.07, 6.45) is -40.3. The third-order valence-electron chi connectivity index (χ3n) is 12.6. The van der Waals surface area contributed by atoms with Crippen LogP contribution in [0.4, 0.5) is 0 Å². The zero-order chi connectivity index (χ0) is 59.3. The first-order chi connectivity index (χ1) is 37.1. The van der Waals surface area contributed by atoms with Gasteiger partial charge in [0.05, 0.1) is 25.4 Å². The number of rotatable bonds is 26. The van der Waals surface area contributed by atoms with Gasteiger partial charge in [-0.1, -0.05) is 0 Å². The van der Waals surface area contributed by atoms with Crippen LogP contribution in [0.5, 0.6) is 0 Å². The van der Waals surface area contributed by atoms with Gasteiger partial charge in [-0.05, 0) is 6.92 Å². The van der Waals surface area contributed by atoms with Gasteiger partial charge in [0.25, 0.3) is 0 Å². The van der Waals surface area contributed by atoms with Crippen LogP contribution in [0.1, 0.15) is 47.5 Å². The second-order valence-electron chi connectivity index (χ2n) is 18.7. The maximum Gasteiger partial charge on any atom is 0.221 e. The number of carbonyl (C=O) groups excluding carboxylic acids is 4. The zero-order valence-electron chi connectivity index (χ0n) is 43.3. The summed E-state index contributed by atoms with van der Waals surface area (Å²) >= 11 is 0. The van der Waals surface area contributed by atoms with Crippen LogP contribution in [0.2, 0.25) is 0 Å². The minimum absolute atomic E-state index is 0.536. The van der Waals surface area contributed by atoms with Gasteiger partial charge < -0.3 is 147 Å². The van der Waals surface area contributed by atoms with Gasteiger partial charge in [-0.15, -0.1) is 0 Å². The molecule has 22 N–H and O–H groups in total. The summed E-state index contributed by atoms with van der Waals surface area (Å²) in [6.45, 7) is 0.702. The normalized spacial score (nSPS) is 37.3. The van der Waals surface area contributed by atoms with Crippen LogP contribution >= 0.6 is 0 Å². The van der Waals surface area contributed by atoms with E-state index in [2.05, 4.69) is 21.3 Å². The van der Waals surface area contributed by atoms with Crippen molar-refractivity contribution in [1.82, 2.24) is 21.3 Å². The monoisotopic (exact) mass is 1150 g/mol. The Bertz CT molecular complexity index is 2040. The SMILES string of the molecule is CC(=O)N/C(=C(\O)C(CCO)OC1OC(CO)C(OC(O)/C(NC(C)=O)=C(/O)[C@H](CCO)OC2OC(CO)C(O)C(O)C2N)C(O)C1NC(C)=O)C(O)OC1C(COOC2OC(C)C(O)C(O)C2O)OC(O)C(NC(C)=O)C1O. The van der Waals surface area contributed by atoms with E-state index in [1.165, 1.54) is 6.92 Å². The lowest BCUT2D eigenvalue weighted by Gasteiger charge is -2.45. The van der Waals surface area contributed by atoms with Gasteiger partial charge in [0.2, 0.25) is 29.9 Å². The van der Waals surface area contributed by atoms with Crippen molar-refractivity contribution in [3.05, 3.63) is 22.9 Å². The van der Waals surface area contributed by atoms with Crippen LogP contribution in [-0.4, -0.2) is 286 Å². The minimum atomic E-state index is -2.59. The molecule has 0 aromatic rings. The molecular weight excluding hydrogens is 1080 g/mol. The number of hydrogen-bond acceptors (Lipinski definition) is 31. The van der Waals surface area contributed by atoms with Crippen LogP contribution in [-0.2, 0) is 66.8 Å². The molecule has 0 saturated carbocycles. The van der Waals surface area contributed by atoms with Crippen molar-refractivity contribution in [2.45, 2.75) is 195 Å². The number of ether oxygens (including phenoxy) is 8. The van der Waals surface area contributed by atoms with Crippen LogP contribution in [0, 0.1) is 0 Å². The van der Waals surface area contributed by atoms with Crippen LogP contribution in [0.3, 0.4) is 0 Å². The van der Waals surface area contributed by atoms with Gasteiger partial charge in [-0.25, -0.2) is 9.78 Å². The Labute approximate surface area is 449 Å². The summed E-state index contributed by atoms with van der Waals surface area (Å²) in [5, 5.41) is 180. The highest BCUT2D eigenvalue weighted by molar-refractivity contribution is 5.76. The molecule has 4 aliphatic heterocycles. The predicted octanol–water partition coefficient (Wildman–Crippen LogP) is -10.6. The van der Waals surface area contributed by atoms with Crippen LogP contribution in [0.25, 0.3) is 0 Å². The van der Waals surface area contributed by atoms with Gasteiger partial charge in [0.1, 0.15) is 127 Å². The fourth-order valence-corrected chi connectivity index (χ4v) is 8.62. The molecule has 4 aliphatic rings. The molecule has 79 heavy (non-hydrogen) atoms. The van der Waals surface area contributed by atoms with Gasteiger partial charge in [0.15, 0.2) is 31.5 Å². The van der Waals surface area contributed by atoms with Gasteiger partial charge >= 0.3 is 0 Å². The Morgan fingerprint density at radius 2 is 1.00 bits per heavy atom. The van der Waals surface area contributed by atoms with E-state index in [-0.39, 0.29) is 0 Å². The summed E-state index contributed by atoms with van der Waals surface area (Å²) in [5.41, 5.74) is 4.07. The average Bonchev–Trinajstić information content (AvgIpc) is 3.42. The summed E-state index contributed by atoms with van der Waals surface area (Å²) in [5.74, 6) is -5.92. The molecule has 0 spiro atoms. The van der Waals surface area contributed by atoms with Crippen molar-refractivity contribution in [2.75, 3.05) is 33.0 Å². The molecule has 0 bridgehead atoms. The minimum Gasteiger partial charge on any atom is -0.507 e. The topological polar surface area (TPSA) is 558 Å². The molecule has 0 aromatic heterocycles. The first-order valence-corrected chi connectivity index (χ1v) is 24.6. The second kappa shape index (κ2) is 30.9. The molecule has 4 saturated heterocycles. The van der Waals surface area contributed by atoms with E-state index < -0.39 is 240 Å². The van der Waals surface area contributed by atoms with Crippen molar-refractivity contribution in [1.29, 1.82) is 0 Å². The largest absolute Gasteiger partial charge is 0.507 e. The molecule has 456 valence electrons. The quantitative estimate of drug-likeness (QED) is 0.0165. The predicted molar refractivity (Wildman–Crippen MR) is 251 cm³/mol. The average molecular weight is 1150 g/mol. The Kier molecular flexibility index (Phi) is 26.3. The van der Waals surface area contributed by atoms with Crippen molar-refractivity contribution < 1.29 is 149 Å². The maximum absolute atomic E-state index is 12.6. The van der Waals surface area contributed by atoms with Crippen molar-refractivity contribution >= 4 is 23.6 Å². The zero-order valence-corrected chi connectivity index (χ0v) is 43.3. The molecule has 35 nitrogen and oxygen atoms in total. The molecule has 35 heteroatoms. The first-order valence-electron chi connectivity index (χ1n) is 24.6. The molecule has 4 fully saturated rings. The molecular formula is C44H75N5O30. The number of hydrogen-bond donors (Lipinski definition) is 21. The van der Waals surface area contributed by atoms with Gasteiger partial charge in [-0.2, -0.15) is 0 Å². The lowest BCUT2D eigenvalue weighted by Crippen LogP contribution is -2.66. The molecule has 24 atom stereocenters. The number of amides is 4. The van der Waals surface area contributed by atoms with Gasteiger partial charge in [-0.3, -0.25) is 19.2 Å². The third kappa shape index (κ3) is 17.5. The molecule has 0 aromatic carbocycles. The molecule has 23 unspecified atom stereocenters. The number of aliphatic hydroxyl groups is 16. The summed E-state index contributed by atoms with van der Waals surface area (Å²) in [7, 11) is 0. The van der Waals surface area contributed by atoms with Crippen molar-refractivity contribution in [3.8, 4) is 0 Å². The van der Waals surface area contributed by atoms with E-state index in [0.717, 1.165) is 27.7 Å². The Morgan fingerprint density at radius 3 is 1.48 bits per heavy atom. The highest BCUT2D eigenvalue weighted by Crippen LogP contribution is 2.32. The lowest BCUT2D eigenvalue weighted by molar-refractivity contribution is -0.433. The highest BCUT2D eigenvalue weighted by atomic mass is 17.2. The van der Waals surface area contributed by atoms with E-state index >= 15 is 0 Å². The van der Waals surface area contributed by atoms with Crippen LogP contribution in [0.15, 0.2) is 22.9 Å². The molecule has 4 amide bonds. The smallest absolute Gasteiger partial charge is 0.221 e. The Balaban J connectivity index is 1.65. The van der Waals surface area contributed by atoms with E-state index in [1.54, 1.807) is 0 Å². The number of carbonyl (C=O) groups is 4. The van der Waals surface area contributed by atoms with E-state index in [4.69, 9.17) is 53.4 Å². The van der Waals surface area contributed by atoms with Gasteiger partial charge in [0, 0.05) is 53.8 Å². The summed E-state index contributed by atoms with van der Waals surface area (Å²) in [6, 6.07) is -5.09. The lowest BCUT2D eigenvalue weighted by atomic mass is 9.96. The van der Waals surface area contributed by atoms with Crippen molar-refractivity contribution in [2.24, 2.45) is 5.73 Å². The van der Waals surface area contributed by atoms with E-state index in [9.17, 15) is 101 Å². The van der Waals surface area contributed by atoms with E-state index in [1.807, 2.05) is 0 Å². The van der Waals surface area contributed by atoms with Crippen LogP contribution < -0.4 is 27.0 Å². The number of nitrogens with one attached hydrogen (secondary N) is 4. The standard InChI is InChI=1S/C44H75N5O30/c1-13-28(58)35(65)36(66)44(71-13)79-70-12-22-38(33(63)26(39(67)72-22)48-16(4)56)78-41(69)25(47-15(3)55)30(60)19(7-9-51)74-43-27(49-17(5)57)34(64)37(21(11-53)76-43)77-40(68)24(46-14(2)54)29(59)18(6-8-50)73-42-23(45)32(62)31(61)20(10-52)75-42/h13,18-23,26-28,31-44,50-53,58-69H,6-12,45H2,1-5H3,(H,46,54)(H,47,55)(H,48,56)(H,49,57)/b29-24-,30-25-/t13?,18-,19?,20?,21?,22?,23?,26?,27?,28?,31?,32?,33?,34?,35?,36?,37?,38?,39?,40?,41?,42?,43?,44?/m0/s1. The molecule has 4 rings (SSSR count). The number of aliphatic hydroxyl groups excluding tert-OH is 16. The first kappa shape index (κ1) is 67.5. The molecule has 0 aliphatic carbocycles. The highest BCUT2D eigenvalue weighted by Gasteiger charge is 2.52. The van der Waals surface area contributed by atoms with E-state index in [0.29, 0.717) is 0 Å². The summed E-state index contributed by atoms with van der Waals surface area (Å²) in [4.78, 5) is 59.9. The fourth-order valence-electron chi connectivity index (χ4n) is 8.62. The number of nitrogens with two attached hydrogens (primary N) is 1. The Hall–Kier alpha value is -4.04. The second-order valence-corrected chi connectivity index (χ2v) is 18.7. The summed E-state index contributed by atoms with van der Waals surface area (Å²) < 4.78 is 45.1.